The zero-order valence-corrected chi connectivity index (χ0v) is 43.2. The van der Waals surface area contributed by atoms with Gasteiger partial charge in [-0.25, -0.2) is 0 Å². The predicted octanol–water partition coefficient (Wildman–Crippen LogP) is -0.191. The van der Waals surface area contributed by atoms with Gasteiger partial charge in [-0.1, -0.05) is 53.2 Å². The van der Waals surface area contributed by atoms with Crippen molar-refractivity contribution in [2.45, 2.75) is 229 Å². The quantitative estimate of drug-likeness (QED) is 0.0942. The number of allylic oxidation sites excluding steroid dienone is 2. The first-order chi connectivity index (χ1) is 34.2. The van der Waals surface area contributed by atoms with Gasteiger partial charge >= 0.3 is 5.97 Å². The fourth-order valence-corrected chi connectivity index (χ4v) is 16.0. The zero-order chi connectivity index (χ0) is 53.1. The van der Waals surface area contributed by atoms with Crippen molar-refractivity contribution in [1.82, 2.24) is 0 Å². The number of carbonyl (C=O) groups is 1. The Morgan fingerprint density at radius 3 is 1.99 bits per heavy atom. The summed E-state index contributed by atoms with van der Waals surface area (Å²) in [5, 5.41) is 130. The van der Waals surface area contributed by atoms with Gasteiger partial charge in [0.1, 0.15) is 79.4 Å². The maximum absolute atomic E-state index is 13.2. The molecule has 4 saturated heterocycles. The Bertz CT molecular complexity index is 2010. The highest BCUT2D eigenvalue weighted by atomic mass is 16.8. The van der Waals surface area contributed by atoms with Crippen molar-refractivity contribution < 1.29 is 104 Å². The molecule has 4 heterocycles. The Kier molecular flexibility index (Phi) is 15.6. The Morgan fingerprint density at radius 2 is 1.30 bits per heavy atom. The van der Waals surface area contributed by atoms with Crippen LogP contribution in [0.1, 0.15) is 113 Å². The molecule has 0 aromatic rings. The van der Waals surface area contributed by atoms with Gasteiger partial charge < -0.3 is 99.2 Å². The van der Waals surface area contributed by atoms with E-state index in [9.17, 15) is 66.1 Å². The maximum Gasteiger partial charge on any atom is 0.310 e. The molecule has 8 fully saturated rings. The fraction of sp³-hybridized carbons (Fsp3) is 0.942. The van der Waals surface area contributed by atoms with Crippen molar-refractivity contribution in [2.24, 2.45) is 50.2 Å². The average Bonchev–Trinajstić information content (AvgIpc) is 3.34. The van der Waals surface area contributed by atoms with Gasteiger partial charge in [0.15, 0.2) is 25.2 Å². The van der Waals surface area contributed by atoms with Gasteiger partial charge in [0.25, 0.3) is 0 Å². The summed E-state index contributed by atoms with van der Waals surface area (Å²) in [6.45, 7) is 13.5. The van der Waals surface area contributed by atoms with E-state index in [4.69, 9.17) is 37.9 Å². The number of aliphatic carboxylic acids is 1. The SMILES string of the molecule is CC1OC(OC2C(OC3CCC4(C)C(CCC5(C)C4CC=C4C6CC(C)(C)CCC6(C(=O)O)CCC45C)C3(C)CO)OCC(O)C2O)C(O)C(OC2OCC(OC3OC(CO)C(O)C(O)C3O)C(O)C2O)C1O. The lowest BCUT2D eigenvalue weighted by molar-refractivity contribution is -0.383. The molecule has 21 nitrogen and oxygen atoms in total. The highest BCUT2D eigenvalue weighted by Crippen LogP contribution is 2.76. The largest absolute Gasteiger partial charge is 0.481 e. The van der Waals surface area contributed by atoms with Crippen molar-refractivity contribution in [2.75, 3.05) is 26.4 Å². The number of carboxylic acid groups (broad SMARTS) is 1. The molecule has 27 unspecified atom stereocenters. The van der Waals surface area contributed by atoms with Crippen LogP contribution < -0.4 is 0 Å². The van der Waals surface area contributed by atoms with Crippen molar-refractivity contribution >= 4 is 5.97 Å². The number of fused-ring (bicyclic) bond motifs is 7. The molecule has 21 heteroatoms. The Labute approximate surface area is 426 Å². The molecule has 12 N–H and O–H groups in total. The van der Waals surface area contributed by atoms with Crippen LogP contribution in [0.2, 0.25) is 0 Å². The second-order valence-electron chi connectivity index (χ2n) is 25.2. The number of ether oxygens (including phenoxy) is 8. The van der Waals surface area contributed by atoms with E-state index < -0.39 is 147 Å². The van der Waals surface area contributed by atoms with Crippen LogP contribution in [0.5, 0.6) is 0 Å². The van der Waals surface area contributed by atoms with Crippen LogP contribution in [-0.4, -0.2) is 210 Å². The highest BCUT2D eigenvalue weighted by Gasteiger charge is 2.70. The van der Waals surface area contributed by atoms with Crippen molar-refractivity contribution in [1.29, 1.82) is 0 Å². The third-order valence-corrected chi connectivity index (χ3v) is 20.8. The molecule has 0 radical (unpaired) electrons. The highest BCUT2D eigenvalue weighted by molar-refractivity contribution is 5.76. The van der Waals surface area contributed by atoms with E-state index in [1.807, 2.05) is 6.92 Å². The number of hydrogen-bond acceptors (Lipinski definition) is 20. The maximum atomic E-state index is 13.2. The fourth-order valence-electron chi connectivity index (χ4n) is 16.0. The number of aliphatic hydroxyl groups excluding tert-OH is 11. The van der Waals surface area contributed by atoms with Gasteiger partial charge in [-0.2, -0.15) is 0 Å². The lowest BCUT2D eigenvalue weighted by Gasteiger charge is -2.71. The second-order valence-corrected chi connectivity index (χ2v) is 25.2. The minimum Gasteiger partial charge on any atom is -0.481 e. The van der Waals surface area contributed by atoms with Crippen LogP contribution >= 0.6 is 0 Å². The summed E-state index contributed by atoms with van der Waals surface area (Å²) in [5.74, 6) is -0.465. The van der Waals surface area contributed by atoms with Crippen LogP contribution in [0, 0.1) is 50.2 Å². The van der Waals surface area contributed by atoms with Crippen molar-refractivity contribution in [3.8, 4) is 0 Å². The molecule has 9 rings (SSSR count). The minimum absolute atomic E-state index is 0.0108. The smallest absolute Gasteiger partial charge is 0.310 e. The van der Waals surface area contributed by atoms with E-state index >= 15 is 0 Å². The van der Waals surface area contributed by atoms with Gasteiger partial charge in [0.2, 0.25) is 0 Å². The van der Waals surface area contributed by atoms with Crippen LogP contribution in [0.15, 0.2) is 11.6 Å². The molecule has 0 aromatic carbocycles. The molecule has 4 aliphatic heterocycles. The van der Waals surface area contributed by atoms with E-state index in [2.05, 4.69) is 40.7 Å². The first-order valence-corrected chi connectivity index (χ1v) is 26.7. The van der Waals surface area contributed by atoms with Crippen LogP contribution in [0.25, 0.3) is 0 Å². The number of hydrogen-bond donors (Lipinski definition) is 12. The van der Waals surface area contributed by atoms with Crippen LogP contribution in [0.4, 0.5) is 0 Å². The summed E-state index contributed by atoms with van der Waals surface area (Å²) >= 11 is 0. The summed E-state index contributed by atoms with van der Waals surface area (Å²) in [5.41, 5.74) is -0.749. The standard InChI is InChI=1S/C52H84O21/c1-23-32(56)40(72-42-37(61)35(59)28(21-67-42)70-43-38(62)36(60)34(58)27(19-53)69-43)39(63)44(68-23)73-41-33(57)26(55)20-66-45(41)71-31-11-12-48(4)29(49(31,5)22-54)10-13-51(7)30(48)9-8-24-25-18-47(2,3)14-16-52(25,46(64)65)17-15-50(24,51)6/h8,23,25-45,53-63H,9-22H2,1-7H3,(H,64,65). The number of carboxylic acids is 1. The van der Waals surface area contributed by atoms with E-state index in [0.717, 1.165) is 44.9 Å². The molecule has 0 amide bonds. The van der Waals surface area contributed by atoms with E-state index in [1.165, 1.54) is 12.5 Å². The van der Waals surface area contributed by atoms with Gasteiger partial charge in [-0.05, 0) is 111 Å². The normalized spacial score (nSPS) is 55.0. The zero-order valence-electron chi connectivity index (χ0n) is 43.2. The van der Waals surface area contributed by atoms with E-state index in [-0.39, 0.29) is 52.6 Å². The van der Waals surface area contributed by atoms with Crippen molar-refractivity contribution in [3.05, 3.63) is 11.6 Å². The van der Waals surface area contributed by atoms with Crippen molar-refractivity contribution in [3.63, 3.8) is 0 Å². The summed E-state index contributed by atoms with van der Waals surface area (Å²) in [4.78, 5) is 13.2. The van der Waals surface area contributed by atoms with E-state index in [1.54, 1.807) is 0 Å². The molecule has 418 valence electrons. The average molecular weight is 1050 g/mol. The third kappa shape index (κ3) is 9.10. The third-order valence-electron chi connectivity index (χ3n) is 20.8. The Morgan fingerprint density at radius 1 is 0.644 bits per heavy atom. The molecule has 5 aliphatic carbocycles. The van der Waals surface area contributed by atoms with Gasteiger partial charge in [0, 0.05) is 5.41 Å². The second kappa shape index (κ2) is 20.3. The molecule has 73 heavy (non-hydrogen) atoms. The molecule has 27 atom stereocenters. The minimum atomic E-state index is -1.89. The molecule has 0 bridgehead atoms. The first kappa shape index (κ1) is 56.2. The first-order valence-electron chi connectivity index (χ1n) is 26.7. The predicted molar refractivity (Wildman–Crippen MR) is 251 cm³/mol. The lowest BCUT2D eigenvalue weighted by atomic mass is 9.33. The van der Waals surface area contributed by atoms with E-state index in [0.29, 0.717) is 19.3 Å². The monoisotopic (exact) mass is 1040 g/mol. The molecule has 0 aromatic heterocycles. The van der Waals surface area contributed by atoms with Crippen LogP contribution in [-0.2, 0) is 42.7 Å². The van der Waals surface area contributed by atoms with Gasteiger partial charge in [-0.15, -0.1) is 0 Å². The molecule has 9 aliphatic rings. The molecular weight excluding hydrogens is 961 g/mol. The molecule has 4 saturated carbocycles. The number of aliphatic hydroxyl groups is 11. The summed E-state index contributed by atoms with van der Waals surface area (Å²) in [6.07, 6.45) is -19.1. The molecule has 0 spiro atoms. The summed E-state index contributed by atoms with van der Waals surface area (Å²) in [6, 6.07) is 0. The number of rotatable bonds is 11. The topological polar surface area (TPSA) is 334 Å². The molecular formula is C52H84O21. The van der Waals surface area contributed by atoms with Gasteiger partial charge in [0.05, 0.1) is 44.1 Å². The van der Waals surface area contributed by atoms with Gasteiger partial charge in [-0.3, -0.25) is 4.79 Å². The summed E-state index contributed by atoms with van der Waals surface area (Å²) in [7, 11) is 0. The Balaban J connectivity index is 0.887. The lowest BCUT2D eigenvalue weighted by Crippen LogP contribution is -2.67. The Hall–Kier alpha value is -1.55. The summed E-state index contributed by atoms with van der Waals surface area (Å²) < 4.78 is 47.6. The van der Waals surface area contributed by atoms with Crippen LogP contribution in [0.3, 0.4) is 0 Å².